The van der Waals surface area contributed by atoms with E-state index in [1.807, 2.05) is 27.7 Å². The second kappa shape index (κ2) is 4.27. The monoisotopic (exact) mass is 254 g/mol. The van der Waals surface area contributed by atoms with Crippen LogP contribution >= 0.6 is 0 Å². The van der Waals surface area contributed by atoms with Crippen LogP contribution in [-0.4, -0.2) is 13.0 Å². The van der Waals surface area contributed by atoms with E-state index in [1.165, 1.54) is 12.1 Å². The van der Waals surface area contributed by atoms with Crippen LogP contribution in [0, 0.1) is 6.92 Å². The Hall–Kier alpha value is -1.13. The predicted molar refractivity (Wildman–Crippen MR) is 68.8 cm³/mol. The third kappa shape index (κ3) is 2.76. The molecule has 1 aromatic rings. The standard InChI is InChI=1S/C13H18O3S/c1-9(2)13(4,5)12-8-11(17(14,15)16)7-6-10(12)3/h6-8H,1H2,2-5H3,(H,14,15,16). The van der Waals surface area contributed by atoms with Crippen LogP contribution in [0.4, 0.5) is 0 Å². The summed E-state index contributed by atoms with van der Waals surface area (Å²) < 4.78 is 31.3. The molecule has 0 aliphatic heterocycles. The fraction of sp³-hybridized carbons (Fsp3) is 0.385. The molecule has 94 valence electrons. The smallest absolute Gasteiger partial charge is 0.282 e. The lowest BCUT2D eigenvalue weighted by Gasteiger charge is -2.28. The molecule has 1 rings (SSSR count). The lowest BCUT2D eigenvalue weighted by Crippen LogP contribution is -2.20. The summed E-state index contributed by atoms with van der Waals surface area (Å²) in [4.78, 5) is -0.0765. The highest BCUT2D eigenvalue weighted by atomic mass is 32.2. The third-order valence-corrected chi connectivity index (χ3v) is 4.10. The minimum Gasteiger partial charge on any atom is -0.282 e. The zero-order chi connectivity index (χ0) is 13.4. The molecule has 1 N–H and O–H groups in total. The Labute approximate surface area is 103 Å². The normalized spacial score (nSPS) is 12.5. The van der Waals surface area contributed by atoms with Gasteiger partial charge in [-0.1, -0.05) is 32.1 Å². The summed E-state index contributed by atoms with van der Waals surface area (Å²) in [5.41, 5.74) is 2.45. The van der Waals surface area contributed by atoms with Gasteiger partial charge in [0.15, 0.2) is 0 Å². The fourth-order valence-corrected chi connectivity index (χ4v) is 2.17. The van der Waals surface area contributed by atoms with Gasteiger partial charge < -0.3 is 0 Å². The van der Waals surface area contributed by atoms with Crippen LogP contribution in [0.5, 0.6) is 0 Å². The Morgan fingerprint density at radius 1 is 1.35 bits per heavy atom. The summed E-state index contributed by atoms with van der Waals surface area (Å²) >= 11 is 0. The van der Waals surface area contributed by atoms with Crippen LogP contribution in [-0.2, 0) is 15.5 Å². The van der Waals surface area contributed by atoms with Crippen molar-refractivity contribution < 1.29 is 13.0 Å². The number of rotatable bonds is 3. The molecule has 1 aromatic carbocycles. The molecular weight excluding hydrogens is 236 g/mol. The van der Waals surface area contributed by atoms with Gasteiger partial charge in [0.25, 0.3) is 10.1 Å². The third-order valence-electron chi connectivity index (χ3n) is 3.25. The number of benzene rings is 1. The van der Waals surface area contributed by atoms with Crippen molar-refractivity contribution in [2.45, 2.75) is 38.0 Å². The van der Waals surface area contributed by atoms with Gasteiger partial charge >= 0.3 is 0 Å². The van der Waals surface area contributed by atoms with Gasteiger partial charge in [-0.2, -0.15) is 8.42 Å². The summed E-state index contributed by atoms with van der Waals surface area (Å²) in [6.45, 7) is 11.7. The molecule has 0 unspecified atom stereocenters. The minimum absolute atomic E-state index is 0.0765. The van der Waals surface area contributed by atoms with Crippen molar-refractivity contribution >= 4 is 10.1 Å². The topological polar surface area (TPSA) is 54.4 Å². The lowest BCUT2D eigenvalue weighted by atomic mass is 9.77. The Balaban J connectivity index is 3.50. The van der Waals surface area contributed by atoms with Crippen molar-refractivity contribution in [1.29, 1.82) is 0 Å². The molecule has 0 aliphatic carbocycles. The van der Waals surface area contributed by atoms with E-state index in [1.54, 1.807) is 6.07 Å². The van der Waals surface area contributed by atoms with Gasteiger partial charge in [0.05, 0.1) is 4.90 Å². The average molecular weight is 254 g/mol. The van der Waals surface area contributed by atoms with Gasteiger partial charge in [-0.15, -0.1) is 0 Å². The quantitative estimate of drug-likeness (QED) is 0.666. The van der Waals surface area contributed by atoms with Crippen LogP contribution in [0.15, 0.2) is 35.2 Å². The second-order valence-corrected chi connectivity index (χ2v) is 6.28. The molecule has 0 aliphatic rings. The summed E-state index contributed by atoms with van der Waals surface area (Å²) in [5.74, 6) is 0. The molecule has 0 fully saturated rings. The van der Waals surface area contributed by atoms with Crippen molar-refractivity contribution in [2.24, 2.45) is 0 Å². The number of aryl methyl sites for hydroxylation is 1. The van der Waals surface area contributed by atoms with E-state index in [9.17, 15) is 8.42 Å². The van der Waals surface area contributed by atoms with Crippen molar-refractivity contribution in [3.05, 3.63) is 41.5 Å². The molecule has 3 nitrogen and oxygen atoms in total. The maximum absolute atomic E-state index is 11.1. The number of hydrogen-bond donors (Lipinski definition) is 1. The molecule has 0 saturated heterocycles. The molecule has 0 saturated carbocycles. The van der Waals surface area contributed by atoms with Crippen molar-refractivity contribution in [3.63, 3.8) is 0 Å². The van der Waals surface area contributed by atoms with Gasteiger partial charge in [0, 0.05) is 5.41 Å². The summed E-state index contributed by atoms with van der Waals surface area (Å²) in [7, 11) is -4.16. The zero-order valence-corrected chi connectivity index (χ0v) is 11.4. The first-order valence-corrected chi connectivity index (χ1v) is 6.75. The van der Waals surface area contributed by atoms with E-state index in [2.05, 4.69) is 6.58 Å². The van der Waals surface area contributed by atoms with E-state index in [-0.39, 0.29) is 10.3 Å². The molecule has 0 heterocycles. The maximum Gasteiger partial charge on any atom is 0.294 e. The fourth-order valence-electron chi connectivity index (χ4n) is 1.66. The highest BCUT2D eigenvalue weighted by Gasteiger charge is 2.25. The molecular formula is C13H18O3S. The summed E-state index contributed by atoms with van der Waals surface area (Å²) in [6, 6.07) is 4.62. The number of hydrogen-bond acceptors (Lipinski definition) is 2. The molecule has 4 heteroatoms. The van der Waals surface area contributed by atoms with Gasteiger partial charge in [-0.3, -0.25) is 4.55 Å². The highest BCUT2D eigenvalue weighted by Crippen LogP contribution is 2.33. The van der Waals surface area contributed by atoms with Crippen molar-refractivity contribution in [1.82, 2.24) is 0 Å². The summed E-state index contributed by atoms with van der Waals surface area (Å²) in [6.07, 6.45) is 0. The van der Waals surface area contributed by atoms with E-state index < -0.39 is 10.1 Å². The Bertz CT molecular complexity index is 554. The van der Waals surface area contributed by atoms with E-state index in [0.717, 1.165) is 16.7 Å². The predicted octanol–water partition coefficient (Wildman–Crippen LogP) is 3.10. The number of allylic oxidation sites excluding steroid dienone is 1. The zero-order valence-electron chi connectivity index (χ0n) is 10.6. The van der Waals surface area contributed by atoms with Crippen LogP contribution < -0.4 is 0 Å². The second-order valence-electron chi connectivity index (χ2n) is 4.86. The molecule has 0 amide bonds. The van der Waals surface area contributed by atoms with Crippen molar-refractivity contribution in [2.75, 3.05) is 0 Å². The van der Waals surface area contributed by atoms with Gasteiger partial charge in [-0.25, -0.2) is 0 Å². The molecule has 17 heavy (non-hydrogen) atoms. The van der Waals surface area contributed by atoms with Gasteiger partial charge in [0.2, 0.25) is 0 Å². The first-order valence-electron chi connectivity index (χ1n) is 5.31. The molecule has 0 atom stereocenters. The first kappa shape index (κ1) is 13.9. The van der Waals surface area contributed by atoms with E-state index in [0.29, 0.717) is 0 Å². The van der Waals surface area contributed by atoms with E-state index in [4.69, 9.17) is 4.55 Å². The first-order chi connectivity index (χ1) is 7.56. The summed E-state index contributed by atoms with van der Waals surface area (Å²) in [5, 5.41) is 0. The van der Waals surface area contributed by atoms with Crippen LogP contribution in [0.1, 0.15) is 31.9 Å². The largest absolute Gasteiger partial charge is 0.294 e. The van der Waals surface area contributed by atoms with Crippen LogP contribution in [0.2, 0.25) is 0 Å². The molecule has 0 radical (unpaired) electrons. The average Bonchev–Trinajstić information content (AvgIpc) is 2.15. The van der Waals surface area contributed by atoms with Crippen LogP contribution in [0.25, 0.3) is 0 Å². The highest BCUT2D eigenvalue weighted by molar-refractivity contribution is 7.85. The Morgan fingerprint density at radius 3 is 2.29 bits per heavy atom. The molecule has 0 spiro atoms. The van der Waals surface area contributed by atoms with E-state index >= 15 is 0 Å². The lowest BCUT2D eigenvalue weighted by molar-refractivity contribution is 0.482. The SMILES string of the molecule is C=C(C)C(C)(C)c1cc(S(=O)(=O)O)ccc1C. The Kier molecular flexibility index (Phi) is 3.50. The minimum atomic E-state index is -4.16. The maximum atomic E-state index is 11.1. The van der Waals surface area contributed by atoms with Crippen molar-refractivity contribution in [3.8, 4) is 0 Å². The molecule has 0 aromatic heterocycles. The van der Waals surface area contributed by atoms with Crippen LogP contribution in [0.3, 0.4) is 0 Å². The molecule has 0 bridgehead atoms. The van der Waals surface area contributed by atoms with Gasteiger partial charge in [0.1, 0.15) is 0 Å². The van der Waals surface area contributed by atoms with Gasteiger partial charge in [-0.05, 0) is 37.1 Å². The Morgan fingerprint density at radius 2 is 1.88 bits per heavy atom.